The molecular weight excluding hydrogens is 502 g/mol. The molecule has 1 N–H and O–H groups in total. The first-order chi connectivity index (χ1) is 17.1. The van der Waals surface area contributed by atoms with Crippen LogP contribution < -0.4 is 5.32 Å². The topological polar surface area (TPSA) is 70.9 Å². The SMILES string of the molecule is O=C(Nc1ccccc1)/C(CC(=O)c1ccc(Br)cc1)=N/N=C(c1ccccc1)c1ccccc1. The van der Waals surface area contributed by atoms with Crippen molar-refractivity contribution in [2.24, 2.45) is 10.2 Å². The smallest absolute Gasteiger partial charge is 0.272 e. The second kappa shape index (κ2) is 11.8. The highest BCUT2D eigenvalue weighted by atomic mass is 79.9. The lowest BCUT2D eigenvalue weighted by molar-refractivity contribution is -0.110. The normalized spacial score (nSPS) is 10.9. The Hall–Kier alpha value is -4.16. The zero-order valence-corrected chi connectivity index (χ0v) is 20.4. The third-order valence-corrected chi connectivity index (χ3v) is 5.68. The summed E-state index contributed by atoms with van der Waals surface area (Å²) >= 11 is 3.37. The Labute approximate surface area is 212 Å². The van der Waals surface area contributed by atoms with Gasteiger partial charge in [-0.05, 0) is 24.3 Å². The van der Waals surface area contributed by atoms with Gasteiger partial charge in [-0.3, -0.25) is 9.59 Å². The molecule has 0 aliphatic carbocycles. The summed E-state index contributed by atoms with van der Waals surface area (Å²) in [7, 11) is 0. The third kappa shape index (κ3) is 6.68. The van der Waals surface area contributed by atoms with Crippen LogP contribution in [-0.4, -0.2) is 23.1 Å². The minimum Gasteiger partial charge on any atom is -0.321 e. The Morgan fingerprint density at radius 3 is 1.69 bits per heavy atom. The molecule has 35 heavy (non-hydrogen) atoms. The van der Waals surface area contributed by atoms with E-state index in [4.69, 9.17) is 0 Å². The number of benzene rings is 4. The van der Waals surface area contributed by atoms with Gasteiger partial charge in [0.1, 0.15) is 11.4 Å². The molecule has 0 heterocycles. The standard InChI is InChI=1S/C29H22BrN3O2/c30-24-18-16-21(17-19-24)27(34)20-26(29(35)31-25-14-8-3-9-15-25)32-33-28(22-10-4-1-5-11-22)23-12-6-2-7-13-23/h1-19H,20H2,(H,31,35)/b32-26+. The average Bonchev–Trinajstić information content (AvgIpc) is 2.90. The molecule has 0 aliphatic rings. The van der Waals surface area contributed by atoms with Gasteiger partial charge in [-0.15, -0.1) is 10.2 Å². The van der Waals surface area contributed by atoms with Crippen LogP contribution in [-0.2, 0) is 4.79 Å². The lowest BCUT2D eigenvalue weighted by Gasteiger charge is -2.09. The monoisotopic (exact) mass is 523 g/mol. The Morgan fingerprint density at radius 2 is 1.14 bits per heavy atom. The summed E-state index contributed by atoms with van der Waals surface area (Å²) in [4.78, 5) is 26.1. The minimum atomic E-state index is -0.481. The quantitative estimate of drug-likeness (QED) is 0.161. The molecule has 4 aromatic carbocycles. The summed E-state index contributed by atoms with van der Waals surface area (Å²) in [5.41, 5.74) is 3.42. The number of hydrogen-bond donors (Lipinski definition) is 1. The summed E-state index contributed by atoms with van der Waals surface area (Å²) in [5, 5.41) is 11.6. The summed E-state index contributed by atoms with van der Waals surface area (Å²) in [6, 6.07) is 35.3. The summed E-state index contributed by atoms with van der Waals surface area (Å²) < 4.78 is 0.865. The molecular formula is C29H22BrN3O2. The van der Waals surface area contributed by atoms with Crippen molar-refractivity contribution in [1.82, 2.24) is 0 Å². The number of anilines is 1. The van der Waals surface area contributed by atoms with E-state index < -0.39 is 5.91 Å². The van der Waals surface area contributed by atoms with E-state index in [1.165, 1.54) is 0 Å². The molecule has 6 heteroatoms. The highest BCUT2D eigenvalue weighted by Gasteiger charge is 2.18. The lowest BCUT2D eigenvalue weighted by atomic mass is 10.0. The number of Topliss-reactive ketones (excluding diaryl/α,β-unsaturated/α-hetero) is 1. The number of ketones is 1. The van der Waals surface area contributed by atoms with E-state index in [1.807, 2.05) is 78.9 Å². The fourth-order valence-corrected chi connectivity index (χ4v) is 3.62. The number of nitrogens with one attached hydrogen (secondary N) is 1. The van der Waals surface area contributed by atoms with Crippen LogP contribution in [0.15, 0.2) is 130 Å². The van der Waals surface area contributed by atoms with E-state index in [0.717, 1.165) is 15.6 Å². The second-order valence-corrected chi connectivity index (χ2v) is 8.57. The van der Waals surface area contributed by atoms with Crippen molar-refractivity contribution < 1.29 is 9.59 Å². The molecule has 172 valence electrons. The minimum absolute atomic E-state index is 0.0196. The Kier molecular flexibility index (Phi) is 8.09. The number of para-hydroxylation sites is 1. The molecule has 0 saturated heterocycles. The molecule has 0 radical (unpaired) electrons. The molecule has 1 amide bonds. The highest BCUT2D eigenvalue weighted by molar-refractivity contribution is 9.10. The Balaban J connectivity index is 1.72. The predicted molar refractivity (Wildman–Crippen MR) is 144 cm³/mol. The molecule has 0 aliphatic heterocycles. The van der Waals surface area contributed by atoms with Gasteiger partial charge in [0, 0.05) is 26.9 Å². The summed E-state index contributed by atoms with van der Waals surface area (Å²) in [6.45, 7) is 0. The van der Waals surface area contributed by atoms with Gasteiger partial charge in [0.2, 0.25) is 0 Å². The number of nitrogens with zero attached hydrogens (tertiary/aromatic N) is 2. The van der Waals surface area contributed by atoms with Gasteiger partial charge in [0.25, 0.3) is 5.91 Å². The number of halogens is 1. The van der Waals surface area contributed by atoms with Gasteiger partial charge in [0.05, 0.1) is 6.42 Å². The van der Waals surface area contributed by atoms with Crippen molar-refractivity contribution in [3.63, 3.8) is 0 Å². The largest absolute Gasteiger partial charge is 0.321 e. The summed E-state index contributed by atoms with van der Waals surface area (Å²) in [5.74, 6) is -0.707. The zero-order chi connectivity index (χ0) is 24.5. The van der Waals surface area contributed by atoms with Crippen LogP contribution in [0, 0.1) is 0 Å². The molecule has 0 saturated carbocycles. The number of amides is 1. The molecule has 0 spiro atoms. The predicted octanol–water partition coefficient (Wildman–Crippen LogP) is 6.55. The summed E-state index contributed by atoms with van der Waals surface area (Å²) in [6.07, 6.45) is -0.194. The zero-order valence-electron chi connectivity index (χ0n) is 18.8. The molecule has 0 unspecified atom stereocenters. The van der Waals surface area contributed by atoms with Crippen LogP contribution >= 0.6 is 15.9 Å². The van der Waals surface area contributed by atoms with Crippen molar-refractivity contribution in [3.05, 3.63) is 136 Å². The number of carbonyl (C=O) groups excluding carboxylic acids is 2. The maximum absolute atomic E-state index is 13.1. The Morgan fingerprint density at radius 1 is 0.629 bits per heavy atom. The van der Waals surface area contributed by atoms with Gasteiger partial charge in [-0.2, -0.15) is 0 Å². The third-order valence-electron chi connectivity index (χ3n) is 5.15. The first-order valence-corrected chi connectivity index (χ1v) is 11.8. The molecule has 4 aromatic rings. The van der Waals surface area contributed by atoms with Gasteiger partial charge in [-0.1, -0.05) is 107 Å². The van der Waals surface area contributed by atoms with Crippen LogP contribution in [0.1, 0.15) is 27.9 Å². The van der Waals surface area contributed by atoms with E-state index in [1.54, 1.807) is 36.4 Å². The van der Waals surface area contributed by atoms with Crippen molar-refractivity contribution in [1.29, 1.82) is 0 Å². The lowest BCUT2D eigenvalue weighted by Crippen LogP contribution is -2.25. The van der Waals surface area contributed by atoms with E-state index in [0.29, 0.717) is 17.0 Å². The maximum atomic E-state index is 13.1. The maximum Gasteiger partial charge on any atom is 0.272 e. The molecule has 0 fully saturated rings. The highest BCUT2D eigenvalue weighted by Crippen LogP contribution is 2.15. The van der Waals surface area contributed by atoms with E-state index >= 15 is 0 Å². The molecule has 0 aromatic heterocycles. The average molecular weight is 524 g/mol. The van der Waals surface area contributed by atoms with Crippen LogP contribution in [0.2, 0.25) is 0 Å². The number of rotatable bonds is 8. The van der Waals surface area contributed by atoms with Crippen molar-refractivity contribution in [3.8, 4) is 0 Å². The van der Waals surface area contributed by atoms with E-state index in [2.05, 4.69) is 31.4 Å². The molecule has 5 nitrogen and oxygen atoms in total. The van der Waals surface area contributed by atoms with Crippen LogP contribution in [0.3, 0.4) is 0 Å². The van der Waals surface area contributed by atoms with Crippen LogP contribution in [0.4, 0.5) is 5.69 Å². The van der Waals surface area contributed by atoms with Crippen LogP contribution in [0.5, 0.6) is 0 Å². The fraction of sp³-hybridized carbons (Fsp3) is 0.0345. The van der Waals surface area contributed by atoms with Gasteiger partial charge >= 0.3 is 0 Å². The number of hydrogen-bond acceptors (Lipinski definition) is 4. The van der Waals surface area contributed by atoms with E-state index in [-0.39, 0.29) is 17.9 Å². The van der Waals surface area contributed by atoms with Gasteiger partial charge in [-0.25, -0.2) is 0 Å². The Bertz CT molecular complexity index is 1310. The van der Waals surface area contributed by atoms with E-state index in [9.17, 15) is 9.59 Å². The fourth-order valence-electron chi connectivity index (χ4n) is 3.36. The first-order valence-electron chi connectivity index (χ1n) is 11.0. The van der Waals surface area contributed by atoms with Crippen molar-refractivity contribution >= 4 is 44.7 Å². The molecule has 0 atom stereocenters. The second-order valence-electron chi connectivity index (χ2n) is 7.65. The number of carbonyl (C=O) groups is 2. The van der Waals surface area contributed by atoms with Crippen molar-refractivity contribution in [2.45, 2.75) is 6.42 Å². The molecule has 4 rings (SSSR count). The van der Waals surface area contributed by atoms with Gasteiger partial charge in [0.15, 0.2) is 5.78 Å². The first kappa shape index (κ1) is 24.0. The van der Waals surface area contributed by atoms with Gasteiger partial charge < -0.3 is 5.32 Å². The van der Waals surface area contributed by atoms with Crippen LogP contribution in [0.25, 0.3) is 0 Å². The van der Waals surface area contributed by atoms with Crippen molar-refractivity contribution in [2.75, 3.05) is 5.32 Å². The molecule has 0 bridgehead atoms.